The van der Waals surface area contributed by atoms with E-state index in [-0.39, 0.29) is 27.6 Å². The van der Waals surface area contributed by atoms with Gasteiger partial charge in [-0.2, -0.15) is 13.2 Å². The molecule has 0 radical (unpaired) electrons. The van der Waals surface area contributed by atoms with Gasteiger partial charge in [-0.15, -0.1) is 0 Å². The van der Waals surface area contributed by atoms with E-state index in [4.69, 9.17) is 22.1 Å². The second kappa shape index (κ2) is 8.65. The van der Waals surface area contributed by atoms with Crippen LogP contribution in [0.25, 0.3) is 0 Å². The van der Waals surface area contributed by atoms with Gasteiger partial charge < -0.3 is 15.8 Å². The molecule has 3 aromatic carbocycles. The molecule has 3 rings (SSSR count). The number of nitrogens with two attached hydrogens (primary N) is 1. The molecule has 0 aliphatic rings. The maximum Gasteiger partial charge on any atom is 0.416 e. The zero-order valence-electron chi connectivity index (χ0n) is 15.5. The van der Waals surface area contributed by atoms with Crippen molar-refractivity contribution in [3.05, 3.63) is 88.2 Å². The van der Waals surface area contributed by atoms with Crippen molar-refractivity contribution >= 4 is 29.1 Å². The van der Waals surface area contributed by atoms with Gasteiger partial charge in [-0.25, -0.2) is 4.39 Å². The molecule has 0 atom stereocenters. The van der Waals surface area contributed by atoms with E-state index in [0.717, 1.165) is 24.3 Å². The summed E-state index contributed by atoms with van der Waals surface area (Å²) in [6, 6.07) is 11.0. The first-order valence-corrected chi connectivity index (χ1v) is 8.98. The molecule has 5 nitrogen and oxygen atoms in total. The minimum atomic E-state index is -4.70. The minimum Gasteiger partial charge on any atom is -0.455 e. The lowest BCUT2D eigenvalue weighted by Gasteiger charge is -2.15. The molecule has 0 unspecified atom stereocenters. The number of amides is 2. The number of primary amides is 1. The fourth-order valence-corrected chi connectivity index (χ4v) is 2.80. The fraction of sp³-hybridized carbons (Fsp3) is 0.0476. The lowest BCUT2D eigenvalue weighted by Crippen LogP contribution is -2.16. The molecule has 0 aromatic heterocycles. The minimum absolute atomic E-state index is 0.125. The maximum absolute atomic E-state index is 13.3. The summed E-state index contributed by atoms with van der Waals surface area (Å²) in [6.45, 7) is 0. The van der Waals surface area contributed by atoms with Gasteiger partial charge in [0.1, 0.15) is 17.3 Å². The van der Waals surface area contributed by atoms with Crippen LogP contribution in [-0.2, 0) is 6.18 Å². The standard InChI is InChI=1S/C21H13ClF4N2O3/c22-16-10-13(23)5-7-17(16)31-18-9-12(21(24,25)26)4-6-15(18)20(30)28-14-3-1-2-11(8-14)19(27)29/h1-10H,(H2,27,29)(H,28,30). The van der Waals surface area contributed by atoms with Crippen molar-refractivity contribution in [3.63, 3.8) is 0 Å². The zero-order valence-corrected chi connectivity index (χ0v) is 16.2. The number of nitrogens with one attached hydrogen (secondary N) is 1. The molecule has 0 bridgehead atoms. The second-order valence-corrected chi connectivity index (χ2v) is 6.69. The summed E-state index contributed by atoms with van der Waals surface area (Å²) in [5, 5.41) is 2.26. The van der Waals surface area contributed by atoms with Gasteiger partial charge in [0.05, 0.1) is 16.1 Å². The van der Waals surface area contributed by atoms with Gasteiger partial charge in [0.15, 0.2) is 0 Å². The molecule has 2 amide bonds. The Labute approximate surface area is 178 Å². The van der Waals surface area contributed by atoms with Crippen LogP contribution in [0, 0.1) is 5.82 Å². The molecule has 3 N–H and O–H groups in total. The van der Waals surface area contributed by atoms with Crippen LogP contribution in [0.4, 0.5) is 23.2 Å². The van der Waals surface area contributed by atoms with Crippen molar-refractivity contribution in [2.75, 3.05) is 5.32 Å². The molecular formula is C21H13ClF4N2O3. The number of benzene rings is 3. The van der Waals surface area contributed by atoms with Crippen molar-refractivity contribution in [2.45, 2.75) is 6.18 Å². The third-order valence-electron chi connectivity index (χ3n) is 4.07. The van der Waals surface area contributed by atoms with E-state index < -0.39 is 35.1 Å². The average Bonchev–Trinajstić information content (AvgIpc) is 2.69. The van der Waals surface area contributed by atoms with Gasteiger partial charge in [0.2, 0.25) is 5.91 Å². The summed E-state index contributed by atoms with van der Waals surface area (Å²) in [6.07, 6.45) is -4.70. The van der Waals surface area contributed by atoms with E-state index in [0.29, 0.717) is 12.1 Å². The van der Waals surface area contributed by atoms with E-state index >= 15 is 0 Å². The lowest BCUT2D eigenvalue weighted by molar-refractivity contribution is -0.137. The van der Waals surface area contributed by atoms with Gasteiger partial charge in [0, 0.05) is 11.3 Å². The number of halogens is 5. The van der Waals surface area contributed by atoms with Gasteiger partial charge in [-0.3, -0.25) is 9.59 Å². The molecule has 0 spiro atoms. The van der Waals surface area contributed by atoms with Crippen LogP contribution >= 0.6 is 11.6 Å². The first-order chi connectivity index (χ1) is 14.5. The Kier molecular flexibility index (Phi) is 6.16. The number of hydrogen-bond donors (Lipinski definition) is 2. The molecular weight excluding hydrogens is 440 g/mol. The highest BCUT2D eigenvalue weighted by Crippen LogP contribution is 2.37. The Morgan fingerprint density at radius 1 is 0.968 bits per heavy atom. The maximum atomic E-state index is 13.3. The number of hydrogen-bond acceptors (Lipinski definition) is 3. The average molecular weight is 453 g/mol. The summed E-state index contributed by atoms with van der Waals surface area (Å²) in [4.78, 5) is 24.0. The van der Waals surface area contributed by atoms with E-state index in [9.17, 15) is 27.2 Å². The number of anilines is 1. The van der Waals surface area contributed by atoms with Crippen LogP contribution in [0.5, 0.6) is 11.5 Å². The number of carbonyl (C=O) groups excluding carboxylic acids is 2. The molecule has 31 heavy (non-hydrogen) atoms. The van der Waals surface area contributed by atoms with Crippen molar-refractivity contribution in [3.8, 4) is 11.5 Å². The number of alkyl halides is 3. The monoisotopic (exact) mass is 452 g/mol. The van der Waals surface area contributed by atoms with Crippen molar-refractivity contribution < 1.29 is 31.9 Å². The first kappa shape index (κ1) is 22.1. The summed E-state index contributed by atoms with van der Waals surface area (Å²) >= 11 is 5.89. The van der Waals surface area contributed by atoms with E-state index in [1.54, 1.807) is 0 Å². The van der Waals surface area contributed by atoms with Gasteiger partial charge in [0.25, 0.3) is 5.91 Å². The van der Waals surface area contributed by atoms with Crippen molar-refractivity contribution in [1.29, 1.82) is 0 Å². The van der Waals surface area contributed by atoms with Crippen molar-refractivity contribution in [1.82, 2.24) is 0 Å². The van der Waals surface area contributed by atoms with Crippen LogP contribution in [0.15, 0.2) is 60.7 Å². The van der Waals surface area contributed by atoms with E-state index in [2.05, 4.69) is 5.32 Å². The predicted octanol–water partition coefficient (Wildman–Crippen LogP) is 5.64. The summed E-state index contributed by atoms with van der Waals surface area (Å²) in [7, 11) is 0. The molecule has 160 valence electrons. The number of rotatable bonds is 5. The Hall–Kier alpha value is -3.59. The summed E-state index contributed by atoms with van der Waals surface area (Å²) < 4.78 is 58.2. The normalized spacial score (nSPS) is 11.1. The molecule has 0 heterocycles. The Morgan fingerprint density at radius 3 is 2.35 bits per heavy atom. The summed E-state index contributed by atoms with van der Waals surface area (Å²) in [5.74, 6) is -2.81. The molecule has 10 heteroatoms. The van der Waals surface area contributed by atoms with Crippen LogP contribution in [0.2, 0.25) is 5.02 Å². The topological polar surface area (TPSA) is 81.4 Å². The van der Waals surface area contributed by atoms with Crippen LogP contribution in [0.1, 0.15) is 26.3 Å². The Bertz CT molecular complexity index is 1170. The first-order valence-electron chi connectivity index (χ1n) is 8.60. The highest BCUT2D eigenvalue weighted by atomic mass is 35.5. The largest absolute Gasteiger partial charge is 0.455 e. The quantitative estimate of drug-likeness (QED) is 0.491. The molecule has 0 aliphatic heterocycles. The Morgan fingerprint density at radius 2 is 1.71 bits per heavy atom. The number of carbonyl (C=O) groups is 2. The van der Waals surface area contributed by atoms with Crippen LogP contribution in [-0.4, -0.2) is 11.8 Å². The Balaban J connectivity index is 1.99. The highest BCUT2D eigenvalue weighted by molar-refractivity contribution is 6.32. The zero-order chi connectivity index (χ0) is 22.8. The third-order valence-corrected chi connectivity index (χ3v) is 4.37. The number of ether oxygens (including phenoxy) is 1. The predicted molar refractivity (Wildman–Crippen MR) is 106 cm³/mol. The molecule has 0 aliphatic carbocycles. The summed E-state index contributed by atoms with van der Waals surface area (Å²) in [5.41, 5.74) is 4.20. The van der Waals surface area contributed by atoms with E-state index in [1.807, 2.05) is 0 Å². The fourth-order valence-electron chi connectivity index (χ4n) is 2.60. The van der Waals surface area contributed by atoms with Gasteiger partial charge in [-0.05, 0) is 54.6 Å². The molecule has 0 saturated carbocycles. The molecule has 0 fully saturated rings. The van der Waals surface area contributed by atoms with E-state index in [1.165, 1.54) is 24.3 Å². The van der Waals surface area contributed by atoms with Crippen molar-refractivity contribution in [2.24, 2.45) is 5.73 Å². The van der Waals surface area contributed by atoms with Gasteiger partial charge >= 0.3 is 6.18 Å². The second-order valence-electron chi connectivity index (χ2n) is 6.28. The smallest absolute Gasteiger partial charge is 0.416 e. The van der Waals surface area contributed by atoms with Crippen LogP contribution < -0.4 is 15.8 Å². The lowest BCUT2D eigenvalue weighted by atomic mass is 10.1. The third kappa shape index (κ3) is 5.32. The van der Waals surface area contributed by atoms with Crippen LogP contribution in [0.3, 0.4) is 0 Å². The highest BCUT2D eigenvalue weighted by Gasteiger charge is 2.32. The van der Waals surface area contributed by atoms with Gasteiger partial charge in [-0.1, -0.05) is 17.7 Å². The molecule has 0 saturated heterocycles. The SMILES string of the molecule is NC(=O)c1cccc(NC(=O)c2ccc(C(F)(F)F)cc2Oc2ccc(F)cc2Cl)c1. The molecule has 3 aromatic rings.